The van der Waals surface area contributed by atoms with Crippen LogP contribution in [0.2, 0.25) is 0 Å². The average Bonchev–Trinajstić information content (AvgIpc) is 3.33. The lowest BCUT2D eigenvalue weighted by Crippen LogP contribution is -2.38. The van der Waals surface area contributed by atoms with E-state index in [-0.39, 0.29) is 46.4 Å². The Hall–Kier alpha value is -3.89. The van der Waals surface area contributed by atoms with Crippen LogP contribution in [-0.4, -0.2) is 58.1 Å². The molecule has 0 bridgehead atoms. The van der Waals surface area contributed by atoms with Crippen LogP contribution in [-0.2, 0) is 7.05 Å². The first kappa shape index (κ1) is 22.9. The third kappa shape index (κ3) is 4.22. The quantitative estimate of drug-likeness (QED) is 0.534. The van der Waals surface area contributed by atoms with Crippen molar-refractivity contribution in [1.29, 1.82) is 0 Å². The highest BCUT2D eigenvalue weighted by atomic mass is 19.3. The van der Waals surface area contributed by atoms with Gasteiger partial charge in [0.05, 0.1) is 11.9 Å². The SMILES string of the molecule is CN(c1nc(-c2ccncc2F)cc(=O)n1C)[C@@H]1[C@@H]2CN(C(=O)c3ccc(OC(F)F)cc3)C[C@@H]21. The van der Waals surface area contributed by atoms with Crippen molar-refractivity contribution >= 4 is 11.9 Å². The molecule has 1 amide bonds. The van der Waals surface area contributed by atoms with Gasteiger partial charge in [0.15, 0.2) is 5.82 Å². The van der Waals surface area contributed by atoms with Crippen molar-refractivity contribution in [3.63, 3.8) is 0 Å². The summed E-state index contributed by atoms with van der Waals surface area (Å²) in [5, 5.41) is 0. The van der Waals surface area contributed by atoms with Crippen molar-refractivity contribution < 1.29 is 22.7 Å². The second kappa shape index (κ2) is 8.71. The van der Waals surface area contributed by atoms with E-state index in [1.54, 1.807) is 11.9 Å². The van der Waals surface area contributed by atoms with E-state index < -0.39 is 12.4 Å². The molecule has 0 spiro atoms. The molecule has 0 radical (unpaired) electrons. The predicted octanol–water partition coefficient (Wildman–Crippen LogP) is 2.79. The Bertz CT molecular complexity index is 1320. The normalized spacial score (nSPS) is 20.6. The van der Waals surface area contributed by atoms with Crippen molar-refractivity contribution in [2.24, 2.45) is 18.9 Å². The molecule has 3 aromatic rings. The number of halogens is 3. The minimum atomic E-state index is -2.92. The van der Waals surface area contributed by atoms with Crippen molar-refractivity contribution in [3.8, 4) is 17.0 Å². The summed E-state index contributed by atoms with van der Waals surface area (Å²) in [5.74, 6) is 0.0633. The Morgan fingerprint density at radius 3 is 2.49 bits per heavy atom. The third-order valence-corrected chi connectivity index (χ3v) is 6.68. The molecule has 2 fully saturated rings. The van der Waals surface area contributed by atoms with Gasteiger partial charge in [-0.25, -0.2) is 9.37 Å². The van der Waals surface area contributed by atoms with Crippen molar-refractivity contribution in [2.75, 3.05) is 25.0 Å². The van der Waals surface area contributed by atoms with Crippen LogP contribution in [0.3, 0.4) is 0 Å². The number of hydrogen-bond acceptors (Lipinski definition) is 6. The van der Waals surface area contributed by atoms with Crippen LogP contribution in [0.1, 0.15) is 10.4 Å². The number of pyridine rings is 1. The molecule has 2 aliphatic rings. The standard InChI is InChI=1S/C24H22F3N5O3/c1-30-20(33)9-19(15-7-8-28-10-18(15)25)29-24(30)31(2)21-16-11-32(12-17(16)21)22(34)13-3-5-14(6-4-13)35-23(26)27/h3-10,16-17,21,23H,11-12H2,1-2H3/t16-,17+,21-. The zero-order valence-electron chi connectivity index (χ0n) is 18.9. The maximum absolute atomic E-state index is 14.2. The second-order valence-electron chi connectivity index (χ2n) is 8.74. The molecule has 182 valence electrons. The number of aromatic nitrogens is 3. The summed E-state index contributed by atoms with van der Waals surface area (Å²) in [7, 11) is 3.45. The van der Waals surface area contributed by atoms with Crippen molar-refractivity contribution in [2.45, 2.75) is 12.7 Å². The number of likely N-dealkylation sites (tertiary alicyclic amines) is 1. The van der Waals surface area contributed by atoms with Crippen LogP contribution in [0.4, 0.5) is 19.1 Å². The Morgan fingerprint density at radius 2 is 1.86 bits per heavy atom. The Labute approximate surface area is 198 Å². The summed E-state index contributed by atoms with van der Waals surface area (Å²) in [6, 6.07) is 8.48. The molecule has 1 saturated heterocycles. The fraction of sp³-hybridized carbons (Fsp3) is 0.333. The number of carbonyl (C=O) groups excluding carboxylic acids is 1. The van der Waals surface area contributed by atoms with Gasteiger partial charge < -0.3 is 14.5 Å². The number of hydrogen-bond donors (Lipinski definition) is 0. The summed E-state index contributed by atoms with van der Waals surface area (Å²) in [6.45, 7) is -1.87. The maximum atomic E-state index is 14.2. The molecule has 3 atom stereocenters. The smallest absolute Gasteiger partial charge is 0.387 e. The van der Waals surface area contributed by atoms with E-state index in [4.69, 9.17) is 0 Å². The number of fused-ring (bicyclic) bond motifs is 1. The lowest BCUT2D eigenvalue weighted by atomic mass is 10.2. The summed E-state index contributed by atoms with van der Waals surface area (Å²) in [5.41, 5.74) is 0.519. The molecule has 35 heavy (non-hydrogen) atoms. The minimum Gasteiger partial charge on any atom is -0.435 e. The number of carbonyl (C=O) groups is 1. The molecule has 0 N–H and O–H groups in total. The molecule has 5 rings (SSSR count). The highest BCUT2D eigenvalue weighted by Crippen LogP contribution is 2.49. The topological polar surface area (TPSA) is 80.6 Å². The number of alkyl halides is 2. The van der Waals surface area contributed by atoms with Crippen LogP contribution >= 0.6 is 0 Å². The van der Waals surface area contributed by atoms with E-state index in [9.17, 15) is 22.8 Å². The van der Waals surface area contributed by atoms with E-state index >= 15 is 0 Å². The third-order valence-electron chi connectivity index (χ3n) is 6.68. The van der Waals surface area contributed by atoms with Gasteiger partial charge in [0, 0.05) is 68.5 Å². The first-order valence-corrected chi connectivity index (χ1v) is 11.0. The van der Waals surface area contributed by atoms with Gasteiger partial charge in [0.2, 0.25) is 5.95 Å². The van der Waals surface area contributed by atoms with Gasteiger partial charge in [-0.1, -0.05) is 0 Å². The number of amides is 1. The Balaban J connectivity index is 1.29. The first-order valence-electron chi connectivity index (χ1n) is 11.0. The van der Waals surface area contributed by atoms with Gasteiger partial charge in [-0.15, -0.1) is 0 Å². The monoisotopic (exact) mass is 485 g/mol. The minimum absolute atomic E-state index is 0.00509. The van der Waals surface area contributed by atoms with E-state index in [0.29, 0.717) is 24.6 Å². The van der Waals surface area contributed by atoms with E-state index in [1.165, 1.54) is 47.2 Å². The molecule has 2 aromatic heterocycles. The van der Waals surface area contributed by atoms with Crippen LogP contribution in [0.5, 0.6) is 5.75 Å². The number of nitrogens with zero attached hydrogens (tertiary/aromatic N) is 5. The molecule has 1 saturated carbocycles. The molecule has 1 aliphatic carbocycles. The molecule has 1 aromatic carbocycles. The summed E-state index contributed by atoms with van der Waals surface area (Å²) in [6.07, 6.45) is 2.52. The van der Waals surface area contributed by atoms with Crippen LogP contribution in [0.25, 0.3) is 11.3 Å². The number of rotatable bonds is 6. The van der Waals surface area contributed by atoms with Gasteiger partial charge >= 0.3 is 6.61 Å². The zero-order chi connectivity index (χ0) is 24.9. The van der Waals surface area contributed by atoms with Gasteiger partial charge in [0.1, 0.15) is 5.75 Å². The zero-order valence-corrected chi connectivity index (χ0v) is 18.9. The van der Waals surface area contributed by atoms with Crippen LogP contribution in [0, 0.1) is 17.7 Å². The van der Waals surface area contributed by atoms with E-state index in [2.05, 4.69) is 14.7 Å². The number of benzene rings is 1. The van der Waals surface area contributed by atoms with E-state index in [0.717, 1.165) is 6.20 Å². The van der Waals surface area contributed by atoms with Gasteiger partial charge in [-0.05, 0) is 30.3 Å². The number of anilines is 1. The van der Waals surface area contributed by atoms with Crippen LogP contribution in [0.15, 0.2) is 53.6 Å². The molecule has 8 nitrogen and oxygen atoms in total. The number of piperidine rings is 1. The first-order chi connectivity index (χ1) is 16.7. The molecule has 1 aliphatic heterocycles. The van der Waals surface area contributed by atoms with Crippen molar-refractivity contribution in [3.05, 3.63) is 70.5 Å². The van der Waals surface area contributed by atoms with Gasteiger partial charge in [0.25, 0.3) is 11.5 Å². The predicted molar refractivity (Wildman–Crippen MR) is 121 cm³/mol. The Kier molecular flexibility index (Phi) is 5.70. The summed E-state index contributed by atoms with van der Waals surface area (Å²) in [4.78, 5) is 37.4. The summed E-state index contributed by atoms with van der Waals surface area (Å²) >= 11 is 0. The van der Waals surface area contributed by atoms with Crippen LogP contribution < -0.4 is 15.2 Å². The lowest BCUT2D eigenvalue weighted by Gasteiger charge is -2.26. The van der Waals surface area contributed by atoms with Crippen molar-refractivity contribution in [1.82, 2.24) is 19.4 Å². The fourth-order valence-corrected chi connectivity index (χ4v) is 4.89. The molecule has 0 unspecified atom stereocenters. The average molecular weight is 485 g/mol. The molecular formula is C24H22F3N5O3. The lowest BCUT2D eigenvalue weighted by molar-refractivity contribution is -0.0498. The molecule has 3 heterocycles. The van der Waals surface area contributed by atoms with Gasteiger partial charge in [-0.2, -0.15) is 8.78 Å². The highest BCUT2D eigenvalue weighted by molar-refractivity contribution is 5.94. The second-order valence-corrected chi connectivity index (χ2v) is 8.74. The molecular weight excluding hydrogens is 463 g/mol. The number of ether oxygens (including phenoxy) is 1. The largest absolute Gasteiger partial charge is 0.435 e. The fourth-order valence-electron chi connectivity index (χ4n) is 4.89. The Morgan fingerprint density at radius 1 is 1.17 bits per heavy atom. The van der Waals surface area contributed by atoms with Gasteiger partial charge in [-0.3, -0.25) is 19.1 Å². The molecule has 11 heteroatoms. The highest BCUT2D eigenvalue weighted by Gasteiger charge is 2.59. The maximum Gasteiger partial charge on any atom is 0.387 e. The summed E-state index contributed by atoms with van der Waals surface area (Å²) < 4.78 is 44.6. The van der Waals surface area contributed by atoms with E-state index in [1.807, 2.05) is 11.9 Å².